The molecule has 0 aliphatic rings. The number of amides is 2. The number of ether oxygens (including phenoxy) is 1. The molecule has 0 aliphatic carbocycles. The van der Waals surface area contributed by atoms with Crippen LogP contribution in [0.4, 0.5) is 0 Å². The zero-order valence-electron chi connectivity index (χ0n) is 15.4. The number of nitrogens with two attached hydrogens (primary N) is 1. The number of benzene rings is 1. The van der Waals surface area contributed by atoms with Crippen LogP contribution in [0.3, 0.4) is 0 Å². The van der Waals surface area contributed by atoms with E-state index in [1.54, 1.807) is 30.8 Å². The third-order valence-electron chi connectivity index (χ3n) is 3.73. The van der Waals surface area contributed by atoms with E-state index in [9.17, 15) is 9.59 Å². The number of nitrogens with one attached hydrogen (secondary N) is 1. The highest BCUT2D eigenvalue weighted by atomic mass is 35.5. The van der Waals surface area contributed by atoms with Crippen molar-refractivity contribution in [1.29, 1.82) is 0 Å². The quantitative estimate of drug-likeness (QED) is 0.663. The Kier molecular flexibility index (Phi) is 10.6. The number of hydrogen-bond acceptors (Lipinski definition) is 5. The second-order valence-electron chi connectivity index (χ2n) is 5.93. The fourth-order valence-corrected chi connectivity index (χ4v) is 2.61. The van der Waals surface area contributed by atoms with Crippen molar-refractivity contribution in [2.75, 3.05) is 27.0 Å². The second-order valence-corrected chi connectivity index (χ2v) is 6.77. The first-order chi connectivity index (χ1) is 11.3. The van der Waals surface area contributed by atoms with E-state index in [0.29, 0.717) is 6.54 Å². The molecule has 142 valence electrons. The number of carbonyl (C=O) groups is 2. The number of methoxy groups -OCH3 is 1. The highest BCUT2D eigenvalue weighted by Crippen LogP contribution is 2.28. The molecule has 8 heteroatoms. The first-order valence-corrected chi connectivity index (χ1v) is 9.00. The van der Waals surface area contributed by atoms with E-state index in [0.717, 1.165) is 16.2 Å². The van der Waals surface area contributed by atoms with Gasteiger partial charge in [-0.15, -0.1) is 24.2 Å². The van der Waals surface area contributed by atoms with Crippen molar-refractivity contribution in [3.05, 3.63) is 23.8 Å². The Labute approximate surface area is 160 Å². The third kappa shape index (κ3) is 7.13. The largest absolute Gasteiger partial charge is 0.496 e. The van der Waals surface area contributed by atoms with Gasteiger partial charge in [0.05, 0.1) is 19.7 Å². The number of hydrogen-bond donors (Lipinski definition) is 2. The summed E-state index contributed by atoms with van der Waals surface area (Å²) in [6.07, 6.45) is 1.98. The molecule has 1 aromatic rings. The highest BCUT2D eigenvalue weighted by molar-refractivity contribution is 7.98. The lowest BCUT2D eigenvalue weighted by Crippen LogP contribution is -2.47. The van der Waals surface area contributed by atoms with E-state index in [2.05, 4.69) is 5.32 Å². The fraction of sp³-hybridized carbons (Fsp3) is 0.529. The molecule has 1 rings (SSSR count). The van der Waals surface area contributed by atoms with E-state index in [-0.39, 0.29) is 36.7 Å². The van der Waals surface area contributed by atoms with Gasteiger partial charge in [-0.05, 0) is 29.9 Å². The minimum atomic E-state index is -0.605. The number of thioether (sulfide) groups is 1. The molecule has 0 radical (unpaired) electrons. The van der Waals surface area contributed by atoms with Crippen molar-refractivity contribution in [3.63, 3.8) is 0 Å². The molecule has 0 fully saturated rings. The predicted octanol–water partition coefficient (Wildman–Crippen LogP) is 1.90. The minimum Gasteiger partial charge on any atom is -0.496 e. The molecule has 0 heterocycles. The lowest BCUT2D eigenvalue weighted by Gasteiger charge is -2.20. The van der Waals surface area contributed by atoms with Gasteiger partial charge in [0.1, 0.15) is 5.75 Å². The number of halogens is 1. The van der Waals surface area contributed by atoms with Gasteiger partial charge in [-0.3, -0.25) is 9.59 Å². The number of rotatable bonds is 8. The molecule has 0 saturated heterocycles. The normalized spacial score (nSPS) is 11.5. The molecule has 6 nitrogen and oxygen atoms in total. The molecule has 1 atom stereocenters. The Balaban J connectivity index is 0.00000576. The first-order valence-electron chi connectivity index (χ1n) is 7.78. The first kappa shape index (κ1) is 23.6. The van der Waals surface area contributed by atoms with Crippen molar-refractivity contribution in [1.82, 2.24) is 10.2 Å². The SMILES string of the molecule is COc1cc(CN(C)C(=O)CNC(=O)[C@@H](N)C(C)C)ccc1SC.Cl. The summed E-state index contributed by atoms with van der Waals surface area (Å²) in [6.45, 7) is 4.11. The molecule has 3 N–H and O–H groups in total. The van der Waals surface area contributed by atoms with Crippen molar-refractivity contribution in [2.24, 2.45) is 11.7 Å². The number of nitrogens with zero attached hydrogens (tertiary/aromatic N) is 1. The van der Waals surface area contributed by atoms with Crippen molar-refractivity contribution < 1.29 is 14.3 Å². The predicted molar refractivity (Wildman–Crippen MR) is 104 cm³/mol. The summed E-state index contributed by atoms with van der Waals surface area (Å²) in [7, 11) is 3.33. The zero-order chi connectivity index (χ0) is 18.3. The highest BCUT2D eigenvalue weighted by Gasteiger charge is 2.18. The molecule has 0 spiro atoms. The molecule has 0 bridgehead atoms. The van der Waals surface area contributed by atoms with Crippen LogP contribution in [0, 0.1) is 5.92 Å². The van der Waals surface area contributed by atoms with E-state index in [1.807, 2.05) is 38.3 Å². The Bertz CT molecular complexity index is 584. The van der Waals surface area contributed by atoms with Crippen LogP contribution in [0.1, 0.15) is 19.4 Å². The smallest absolute Gasteiger partial charge is 0.242 e. The summed E-state index contributed by atoms with van der Waals surface area (Å²) in [5.74, 6) is 0.335. The fourth-order valence-electron chi connectivity index (χ4n) is 2.06. The molecule has 0 unspecified atom stereocenters. The van der Waals surface area contributed by atoms with Crippen LogP contribution in [0.5, 0.6) is 5.75 Å². The van der Waals surface area contributed by atoms with Crippen LogP contribution in [-0.4, -0.2) is 49.7 Å². The zero-order valence-corrected chi connectivity index (χ0v) is 17.0. The maximum atomic E-state index is 12.2. The van der Waals surface area contributed by atoms with Gasteiger partial charge in [0, 0.05) is 18.5 Å². The molecule has 0 saturated carbocycles. The van der Waals surface area contributed by atoms with Crippen LogP contribution in [-0.2, 0) is 16.1 Å². The van der Waals surface area contributed by atoms with Crippen molar-refractivity contribution >= 4 is 36.0 Å². The maximum absolute atomic E-state index is 12.2. The Morgan fingerprint density at radius 3 is 2.52 bits per heavy atom. The Hall–Kier alpha value is -1.44. The van der Waals surface area contributed by atoms with Gasteiger partial charge in [0.2, 0.25) is 11.8 Å². The lowest BCUT2D eigenvalue weighted by atomic mass is 10.1. The topological polar surface area (TPSA) is 84.7 Å². The summed E-state index contributed by atoms with van der Waals surface area (Å²) in [5.41, 5.74) is 6.72. The molecule has 1 aromatic carbocycles. The lowest BCUT2D eigenvalue weighted by molar-refractivity contribution is -0.132. The van der Waals surface area contributed by atoms with Crippen LogP contribution in [0.25, 0.3) is 0 Å². The summed E-state index contributed by atoms with van der Waals surface area (Å²) in [6, 6.07) is 5.25. The van der Waals surface area contributed by atoms with Crippen LogP contribution < -0.4 is 15.8 Å². The molecule has 0 aromatic heterocycles. The van der Waals surface area contributed by atoms with Crippen LogP contribution in [0.2, 0.25) is 0 Å². The summed E-state index contributed by atoms with van der Waals surface area (Å²) in [4.78, 5) is 26.6. The van der Waals surface area contributed by atoms with Gasteiger partial charge in [-0.25, -0.2) is 0 Å². The van der Waals surface area contributed by atoms with Crippen molar-refractivity contribution in [2.45, 2.75) is 31.3 Å². The standard InChI is InChI=1S/C17H27N3O3S.ClH/c1-11(2)16(18)17(22)19-9-15(21)20(3)10-12-6-7-14(24-5)13(8-12)23-4;/h6-8,11,16H,9-10,18H2,1-5H3,(H,19,22);1H/t16-;/m0./s1. The van der Waals surface area contributed by atoms with Crippen molar-refractivity contribution in [3.8, 4) is 5.75 Å². The summed E-state index contributed by atoms with van der Waals surface area (Å²) < 4.78 is 5.35. The molecule has 25 heavy (non-hydrogen) atoms. The second kappa shape index (κ2) is 11.2. The van der Waals surface area contributed by atoms with E-state index < -0.39 is 6.04 Å². The van der Waals surface area contributed by atoms with Gasteiger partial charge in [-0.2, -0.15) is 0 Å². The molecule has 2 amide bonds. The van der Waals surface area contributed by atoms with Gasteiger partial charge < -0.3 is 20.7 Å². The van der Waals surface area contributed by atoms with E-state index in [1.165, 1.54) is 0 Å². The summed E-state index contributed by atoms with van der Waals surface area (Å²) >= 11 is 1.61. The minimum absolute atomic E-state index is 0. The Morgan fingerprint density at radius 2 is 2.00 bits per heavy atom. The average molecular weight is 390 g/mol. The summed E-state index contributed by atoms with van der Waals surface area (Å²) in [5, 5.41) is 2.59. The van der Waals surface area contributed by atoms with Gasteiger partial charge >= 0.3 is 0 Å². The van der Waals surface area contributed by atoms with Gasteiger partial charge in [0.15, 0.2) is 0 Å². The number of likely N-dealkylation sites (N-methyl/N-ethyl adjacent to an activating group) is 1. The number of carbonyl (C=O) groups excluding carboxylic acids is 2. The monoisotopic (exact) mass is 389 g/mol. The molecular formula is C17H28ClN3O3S. The van der Waals surface area contributed by atoms with Crippen LogP contribution in [0.15, 0.2) is 23.1 Å². The average Bonchev–Trinajstić information content (AvgIpc) is 2.58. The molecule has 0 aliphatic heterocycles. The maximum Gasteiger partial charge on any atom is 0.242 e. The molecular weight excluding hydrogens is 362 g/mol. The third-order valence-corrected chi connectivity index (χ3v) is 4.51. The van der Waals surface area contributed by atoms with E-state index >= 15 is 0 Å². The van der Waals surface area contributed by atoms with Crippen LogP contribution >= 0.6 is 24.2 Å². The van der Waals surface area contributed by atoms with E-state index in [4.69, 9.17) is 10.5 Å². The van der Waals surface area contributed by atoms with Gasteiger partial charge in [-0.1, -0.05) is 19.9 Å². The van der Waals surface area contributed by atoms with Gasteiger partial charge in [0.25, 0.3) is 0 Å². The Morgan fingerprint density at radius 1 is 1.36 bits per heavy atom.